The quantitative estimate of drug-likeness (QED) is 0.595. The lowest BCUT2D eigenvalue weighted by atomic mass is 9.99. The van der Waals surface area contributed by atoms with Crippen molar-refractivity contribution in [2.24, 2.45) is 5.92 Å². The maximum atomic E-state index is 13.4. The smallest absolute Gasteiger partial charge is 0.243 e. The van der Waals surface area contributed by atoms with Gasteiger partial charge in [0.05, 0.1) is 23.6 Å². The molecule has 31 heavy (non-hydrogen) atoms. The van der Waals surface area contributed by atoms with Crippen molar-refractivity contribution in [3.8, 4) is 5.75 Å². The van der Waals surface area contributed by atoms with Crippen LogP contribution in [0.25, 0.3) is 0 Å². The Kier molecular flexibility index (Phi) is 7.97. The summed E-state index contributed by atoms with van der Waals surface area (Å²) in [5, 5.41) is 0.211. The number of halogens is 1. The Morgan fingerprint density at radius 1 is 1.16 bits per heavy atom. The lowest BCUT2D eigenvalue weighted by Crippen LogP contribution is -2.46. The molecule has 6 nitrogen and oxygen atoms in total. The van der Waals surface area contributed by atoms with Gasteiger partial charge in [0.2, 0.25) is 15.9 Å². The molecule has 8 heteroatoms. The second-order valence-electron chi connectivity index (χ2n) is 7.93. The van der Waals surface area contributed by atoms with Gasteiger partial charge in [-0.1, -0.05) is 48.9 Å². The average Bonchev–Trinajstić information content (AvgIpc) is 2.77. The molecule has 1 aliphatic rings. The standard InChI is InChI=1S/C23H29ClN2O4S/c1-18-10-13-25(14-11-18)23(27)17-26(15-12-19-6-4-3-5-7-19)31(28,29)20-8-9-22(30-2)21(24)16-20/h3-9,16,18H,10-15,17H2,1-2H3. The molecule has 0 unspecified atom stereocenters. The van der Waals surface area contributed by atoms with Gasteiger partial charge < -0.3 is 9.64 Å². The third-order valence-electron chi connectivity index (χ3n) is 5.70. The van der Waals surface area contributed by atoms with E-state index in [0.29, 0.717) is 31.2 Å². The minimum Gasteiger partial charge on any atom is -0.495 e. The predicted molar refractivity (Wildman–Crippen MR) is 122 cm³/mol. The number of methoxy groups -OCH3 is 1. The largest absolute Gasteiger partial charge is 0.495 e. The van der Waals surface area contributed by atoms with E-state index in [1.165, 1.54) is 29.6 Å². The fourth-order valence-electron chi connectivity index (χ4n) is 3.65. The Bertz CT molecular complexity index is 990. The Balaban J connectivity index is 1.83. The molecule has 0 spiro atoms. The molecule has 2 aromatic rings. The second-order valence-corrected chi connectivity index (χ2v) is 10.3. The number of sulfonamides is 1. The van der Waals surface area contributed by atoms with Crippen LogP contribution in [0.5, 0.6) is 5.75 Å². The highest BCUT2D eigenvalue weighted by Gasteiger charge is 2.30. The van der Waals surface area contributed by atoms with Gasteiger partial charge in [-0.05, 0) is 48.9 Å². The highest BCUT2D eigenvalue weighted by atomic mass is 35.5. The number of nitrogens with zero attached hydrogens (tertiary/aromatic N) is 2. The maximum absolute atomic E-state index is 13.4. The summed E-state index contributed by atoms with van der Waals surface area (Å²) in [5.41, 5.74) is 1.01. The molecule has 0 bridgehead atoms. The zero-order valence-corrected chi connectivity index (χ0v) is 19.5. The van der Waals surface area contributed by atoms with Crippen molar-refractivity contribution in [3.05, 3.63) is 59.1 Å². The maximum Gasteiger partial charge on any atom is 0.243 e. The number of hydrogen-bond donors (Lipinski definition) is 0. The molecular formula is C23H29ClN2O4S. The predicted octanol–water partition coefficient (Wildman–Crippen LogP) is 3.84. The lowest BCUT2D eigenvalue weighted by Gasteiger charge is -2.32. The highest BCUT2D eigenvalue weighted by molar-refractivity contribution is 7.89. The number of rotatable bonds is 8. The topological polar surface area (TPSA) is 66.9 Å². The molecular weight excluding hydrogens is 436 g/mol. The van der Waals surface area contributed by atoms with Gasteiger partial charge in [-0.15, -0.1) is 0 Å². The van der Waals surface area contributed by atoms with Gasteiger partial charge in [-0.25, -0.2) is 8.42 Å². The fourth-order valence-corrected chi connectivity index (χ4v) is 5.39. The van der Waals surface area contributed by atoms with Gasteiger partial charge in [0.1, 0.15) is 5.75 Å². The molecule has 1 amide bonds. The minimum atomic E-state index is -3.92. The zero-order chi connectivity index (χ0) is 22.4. The molecule has 3 rings (SSSR count). The molecule has 0 aromatic heterocycles. The van der Waals surface area contributed by atoms with Crippen LogP contribution in [0.2, 0.25) is 5.02 Å². The van der Waals surface area contributed by atoms with Gasteiger partial charge in [0.15, 0.2) is 0 Å². The van der Waals surface area contributed by atoms with Crippen LogP contribution < -0.4 is 4.74 Å². The van der Waals surface area contributed by atoms with Crippen LogP contribution >= 0.6 is 11.6 Å². The van der Waals surface area contributed by atoms with Gasteiger partial charge in [-0.2, -0.15) is 4.31 Å². The average molecular weight is 465 g/mol. The number of likely N-dealkylation sites (tertiary alicyclic amines) is 1. The molecule has 1 aliphatic heterocycles. The van der Waals surface area contributed by atoms with Crippen LogP contribution in [0.4, 0.5) is 0 Å². The molecule has 0 N–H and O–H groups in total. The molecule has 0 atom stereocenters. The summed E-state index contributed by atoms with van der Waals surface area (Å²) in [6, 6.07) is 14.0. The number of piperidine rings is 1. The summed E-state index contributed by atoms with van der Waals surface area (Å²) in [6.07, 6.45) is 2.39. The van der Waals surface area contributed by atoms with Crippen molar-refractivity contribution in [1.29, 1.82) is 0 Å². The number of benzene rings is 2. The van der Waals surface area contributed by atoms with Crippen molar-refractivity contribution in [3.63, 3.8) is 0 Å². The first-order chi connectivity index (χ1) is 14.8. The van der Waals surface area contributed by atoms with Gasteiger partial charge in [0.25, 0.3) is 0 Å². The molecule has 1 saturated heterocycles. The van der Waals surface area contributed by atoms with E-state index in [9.17, 15) is 13.2 Å². The van der Waals surface area contributed by atoms with Crippen molar-refractivity contribution >= 4 is 27.5 Å². The fraction of sp³-hybridized carbons (Fsp3) is 0.435. The van der Waals surface area contributed by atoms with E-state index in [2.05, 4.69) is 6.92 Å². The van der Waals surface area contributed by atoms with E-state index in [0.717, 1.165) is 18.4 Å². The molecule has 0 saturated carbocycles. The van der Waals surface area contributed by atoms with Crippen LogP contribution in [0.3, 0.4) is 0 Å². The van der Waals surface area contributed by atoms with Crippen LogP contribution in [0.1, 0.15) is 25.3 Å². The van der Waals surface area contributed by atoms with Crippen LogP contribution in [0, 0.1) is 5.92 Å². The Morgan fingerprint density at radius 2 is 1.84 bits per heavy atom. The third kappa shape index (κ3) is 5.99. The van der Waals surface area contributed by atoms with Crippen molar-refractivity contribution in [2.75, 3.05) is 33.3 Å². The van der Waals surface area contributed by atoms with Crippen LogP contribution in [-0.4, -0.2) is 56.8 Å². The molecule has 2 aromatic carbocycles. The SMILES string of the molecule is COc1ccc(S(=O)(=O)N(CCc2ccccc2)CC(=O)N2CCC(C)CC2)cc1Cl. The second kappa shape index (κ2) is 10.5. The number of hydrogen-bond acceptors (Lipinski definition) is 4. The van der Waals surface area contributed by atoms with E-state index in [4.69, 9.17) is 16.3 Å². The van der Waals surface area contributed by atoms with Crippen molar-refractivity contribution < 1.29 is 17.9 Å². The molecule has 1 heterocycles. The summed E-state index contributed by atoms with van der Waals surface area (Å²) in [6.45, 7) is 3.52. The monoisotopic (exact) mass is 464 g/mol. The van der Waals surface area contributed by atoms with Gasteiger partial charge >= 0.3 is 0 Å². The summed E-state index contributed by atoms with van der Waals surface area (Å²) in [7, 11) is -2.45. The number of ether oxygens (including phenoxy) is 1. The first-order valence-corrected chi connectivity index (χ1v) is 12.3. The zero-order valence-electron chi connectivity index (χ0n) is 18.0. The van der Waals surface area contributed by atoms with E-state index in [-0.39, 0.29) is 28.9 Å². The first-order valence-electron chi connectivity index (χ1n) is 10.5. The Hall–Kier alpha value is -2.09. The van der Waals surface area contributed by atoms with E-state index >= 15 is 0 Å². The number of carbonyl (C=O) groups is 1. The summed E-state index contributed by atoms with van der Waals surface area (Å²) in [4.78, 5) is 14.8. The molecule has 168 valence electrons. The molecule has 0 aliphatic carbocycles. The number of carbonyl (C=O) groups excluding carboxylic acids is 1. The Labute approximate surface area is 189 Å². The minimum absolute atomic E-state index is 0.0476. The first kappa shape index (κ1) is 23.6. The van der Waals surface area contributed by atoms with E-state index in [1.807, 2.05) is 30.3 Å². The summed E-state index contributed by atoms with van der Waals surface area (Å²) >= 11 is 6.17. The van der Waals surface area contributed by atoms with Gasteiger partial charge in [0, 0.05) is 19.6 Å². The van der Waals surface area contributed by atoms with Crippen LogP contribution in [0.15, 0.2) is 53.4 Å². The molecule has 0 radical (unpaired) electrons. The third-order valence-corrected chi connectivity index (χ3v) is 7.84. The van der Waals surface area contributed by atoms with Crippen molar-refractivity contribution in [1.82, 2.24) is 9.21 Å². The van der Waals surface area contributed by atoms with Crippen molar-refractivity contribution in [2.45, 2.75) is 31.1 Å². The lowest BCUT2D eigenvalue weighted by molar-refractivity contribution is -0.132. The van der Waals surface area contributed by atoms with Crippen LogP contribution in [-0.2, 0) is 21.2 Å². The number of amides is 1. The summed E-state index contributed by atoms with van der Waals surface area (Å²) in [5.74, 6) is 0.821. The Morgan fingerprint density at radius 3 is 2.45 bits per heavy atom. The highest BCUT2D eigenvalue weighted by Crippen LogP contribution is 2.28. The molecule has 1 fully saturated rings. The normalized spacial score (nSPS) is 15.3. The summed E-state index contributed by atoms with van der Waals surface area (Å²) < 4.78 is 33.3. The van der Waals surface area contributed by atoms with E-state index in [1.54, 1.807) is 4.90 Å². The van der Waals surface area contributed by atoms with Gasteiger partial charge in [-0.3, -0.25) is 4.79 Å². The van der Waals surface area contributed by atoms with E-state index < -0.39 is 10.0 Å².